The Hall–Kier alpha value is 0.506. The van der Waals surface area contributed by atoms with Crippen molar-refractivity contribution in [2.24, 2.45) is 5.92 Å². The molecule has 0 N–H and O–H groups in total. The standard InChI is InChI=1S/C4H9.C4H7.Mg/c1-4(2)3;1-3-4-2;/h4H,1H2,2-3H3;3-4H,1H2,2H3;/b;4-3+;. The topological polar surface area (TPSA) is 0 Å². The summed E-state index contributed by atoms with van der Waals surface area (Å²) < 4.78 is 2.90. The highest BCUT2D eigenvalue weighted by atomic mass is 24.5. The minimum atomic E-state index is 0.266. The fourth-order valence-corrected chi connectivity index (χ4v) is 2.43. The predicted molar refractivity (Wildman–Crippen MR) is 45.0 cm³/mol. The molecule has 0 atom stereocenters. The molecule has 0 radical (unpaired) electrons. The molecule has 9 heavy (non-hydrogen) atoms. The number of rotatable bonds is 4. The van der Waals surface area contributed by atoms with Gasteiger partial charge in [-0.05, 0) is 6.92 Å². The lowest BCUT2D eigenvalue weighted by Crippen LogP contribution is -1.92. The van der Waals surface area contributed by atoms with Gasteiger partial charge in [0.05, 0.1) is 0 Å². The maximum atomic E-state index is 2.31. The van der Waals surface area contributed by atoms with E-state index < -0.39 is 0 Å². The van der Waals surface area contributed by atoms with E-state index in [1.807, 2.05) is 0 Å². The summed E-state index contributed by atoms with van der Waals surface area (Å²) in [6, 6.07) is 0. The lowest BCUT2D eigenvalue weighted by Gasteiger charge is -1.97. The van der Waals surface area contributed by atoms with Crippen LogP contribution in [0.25, 0.3) is 0 Å². The molecule has 0 heterocycles. The quantitative estimate of drug-likeness (QED) is 0.317. The van der Waals surface area contributed by atoms with Gasteiger partial charge >= 0.3 is 20.4 Å². The molecule has 1 heteroatoms. The Morgan fingerprint density at radius 3 is 2.56 bits per heavy atom. The molecule has 0 aliphatic carbocycles. The van der Waals surface area contributed by atoms with E-state index in [2.05, 4.69) is 32.9 Å². The second-order valence-electron chi connectivity index (χ2n) is 2.89. The summed E-state index contributed by atoms with van der Waals surface area (Å²) in [6.07, 6.45) is 4.46. The van der Waals surface area contributed by atoms with Crippen LogP contribution < -0.4 is 0 Å². The second kappa shape index (κ2) is 6.62. The van der Waals surface area contributed by atoms with Crippen molar-refractivity contribution in [2.75, 3.05) is 0 Å². The summed E-state index contributed by atoms with van der Waals surface area (Å²) in [5.41, 5.74) is 0. The first kappa shape index (κ1) is 9.51. The lowest BCUT2D eigenvalue weighted by molar-refractivity contribution is 0.730. The van der Waals surface area contributed by atoms with Crippen LogP contribution in [0.4, 0.5) is 0 Å². The molecular formula is C8H16Mg. The van der Waals surface area contributed by atoms with Gasteiger partial charge in [0.1, 0.15) is 0 Å². The minimum absolute atomic E-state index is 0.266. The fourth-order valence-electron chi connectivity index (χ4n) is 0.811. The van der Waals surface area contributed by atoms with Gasteiger partial charge in [0.15, 0.2) is 0 Å². The van der Waals surface area contributed by atoms with Crippen molar-refractivity contribution in [1.82, 2.24) is 0 Å². The summed E-state index contributed by atoms with van der Waals surface area (Å²) in [4.78, 5) is 0. The number of hydrogen-bond donors (Lipinski definition) is 0. The number of hydrogen-bond acceptors (Lipinski definition) is 0. The summed E-state index contributed by atoms with van der Waals surface area (Å²) >= 11 is 0.266. The van der Waals surface area contributed by atoms with Crippen LogP contribution in [0.3, 0.4) is 0 Å². The maximum Gasteiger partial charge on any atom is 0.370 e. The van der Waals surface area contributed by atoms with E-state index >= 15 is 0 Å². The Balaban J connectivity index is 2.91. The van der Waals surface area contributed by atoms with Crippen LogP contribution in [0.2, 0.25) is 9.10 Å². The van der Waals surface area contributed by atoms with Crippen LogP contribution in [0.1, 0.15) is 20.8 Å². The summed E-state index contributed by atoms with van der Waals surface area (Å²) in [5.74, 6) is 0.932. The Morgan fingerprint density at radius 1 is 1.44 bits per heavy atom. The first-order valence-corrected chi connectivity index (χ1v) is 5.88. The molecule has 0 bridgehead atoms. The van der Waals surface area contributed by atoms with E-state index in [4.69, 9.17) is 0 Å². The molecular weight excluding hydrogens is 120 g/mol. The van der Waals surface area contributed by atoms with E-state index in [1.165, 1.54) is 9.10 Å². The largest absolute Gasteiger partial charge is 0.370 e. The molecule has 0 aliphatic rings. The zero-order valence-electron chi connectivity index (χ0n) is 6.85. The minimum Gasteiger partial charge on any atom is -0.143 e. The average Bonchev–Trinajstić information content (AvgIpc) is 1.80. The highest BCUT2D eigenvalue weighted by Crippen LogP contribution is 2.00. The number of allylic oxidation sites excluding steroid dienone is 2. The summed E-state index contributed by atoms with van der Waals surface area (Å²) in [7, 11) is 0. The van der Waals surface area contributed by atoms with Gasteiger partial charge in [0.2, 0.25) is 0 Å². The normalized spacial score (nSPS) is 10.7. The second-order valence-corrected chi connectivity index (χ2v) is 4.76. The zero-order valence-corrected chi connectivity index (χ0v) is 8.27. The average molecular weight is 137 g/mol. The SMILES string of the molecule is C/C=C/[CH2][Mg][CH2]C(C)C. The van der Waals surface area contributed by atoms with Crippen molar-refractivity contribution in [2.45, 2.75) is 29.9 Å². The third-order valence-corrected chi connectivity index (χ3v) is 3.69. The molecule has 0 spiro atoms. The molecule has 50 valence electrons. The van der Waals surface area contributed by atoms with Crippen LogP contribution in [-0.4, -0.2) is 20.4 Å². The third-order valence-electron chi connectivity index (χ3n) is 1.39. The summed E-state index contributed by atoms with van der Waals surface area (Å²) in [6.45, 7) is 6.72. The van der Waals surface area contributed by atoms with E-state index in [-0.39, 0.29) is 20.4 Å². The Morgan fingerprint density at radius 2 is 2.11 bits per heavy atom. The Kier molecular flexibility index (Phi) is 7.00. The van der Waals surface area contributed by atoms with Gasteiger partial charge in [-0.2, -0.15) is 0 Å². The van der Waals surface area contributed by atoms with Crippen LogP contribution in [0.5, 0.6) is 0 Å². The first-order valence-electron chi connectivity index (χ1n) is 3.88. The molecule has 0 saturated carbocycles. The van der Waals surface area contributed by atoms with E-state index in [0.29, 0.717) is 0 Å². The highest BCUT2D eigenvalue weighted by molar-refractivity contribution is 6.36. The van der Waals surface area contributed by atoms with Crippen molar-refractivity contribution in [1.29, 1.82) is 0 Å². The maximum absolute atomic E-state index is 2.31. The predicted octanol–water partition coefficient (Wildman–Crippen LogP) is 2.76. The molecule has 0 amide bonds. The van der Waals surface area contributed by atoms with Gasteiger partial charge in [0.25, 0.3) is 0 Å². The molecule has 0 nitrogen and oxygen atoms in total. The van der Waals surface area contributed by atoms with Gasteiger partial charge in [-0.1, -0.05) is 25.8 Å². The van der Waals surface area contributed by atoms with Gasteiger partial charge < -0.3 is 0 Å². The molecule has 0 aromatic heterocycles. The van der Waals surface area contributed by atoms with Gasteiger partial charge in [0, 0.05) is 0 Å². The van der Waals surface area contributed by atoms with Crippen LogP contribution in [-0.2, 0) is 0 Å². The fraction of sp³-hybridized carbons (Fsp3) is 0.750. The molecule has 0 unspecified atom stereocenters. The third kappa shape index (κ3) is 8.51. The van der Waals surface area contributed by atoms with Crippen molar-refractivity contribution < 1.29 is 0 Å². The first-order chi connectivity index (χ1) is 4.27. The lowest BCUT2D eigenvalue weighted by atomic mass is 10.3. The molecule has 0 aromatic rings. The Bertz CT molecular complexity index is 74.6. The van der Waals surface area contributed by atoms with Crippen LogP contribution in [0.15, 0.2) is 12.2 Å². The zero-order chi connectivity index (χ0) is 7.11. The molecule has 0 aliphatic heterocycles. The Labute approximate surface area is 68.4 Å². The van der Waals surface area contributed by atoms with Crippen LogP contribution >= 0.6 is 0 Å². The van der Waals surface area contributed by atoms with Crippen LogP contribution in [0, 0.1) is 5.92 Å². The van der Waals surface area contributed by atoms with E-state index in [1.54, 1.807) is 0 Å². The van der Waals surface area contributed by atoms with Gasteiger partial charge in [-0.3, -0.25) is 0 Å². The highest BCUT2D eigenvalue weighted by Gasteiger charge is 1.95. The summed E-state index contributed by atoms with van der Waals surface area (Å²) in [5, 5.41) is 0. The van der Waals surface area contributed by atoms with E-state index in [0.717, 1.165) is 5.92 Å². The van der Waals surface area contributed by atoms with Crippen molar-refractivity contribution in [3.8, 4) is 0 Å². The van der Waals surface area contributed by atoms with Crippen molar-refractivity contribution in [3.05, 3.63) is 12.2 Å². The monoisotopic (exact) mass is 136 g/mol. The van der Waals surface area contributed by atoms with Crippen molar-refractivity contribution in [3.63, 3.8) is 0 Å². The molecule has 0 saturated heterocycles. The smallest absolute Gasteiger partial charge is 0.143 e. The van der Waals surface area contributed by atoms with Gasteiger partial charge in [-0.15, -0.1) is 15.2 Å². The van der Waals surface area contributed by atoms with Gasteiger partial charge in [-0.25, -0.2) is 0 Å². The van der Waals surface area contributed by atoms with E-state index in [9.17, 15) is 0 Å². The van der Waals surface area contributed by atoms with Crippen molar-refractivity contribution >= 4 is 20.4 Å². The molecule has 0 rings (SSSR count). The molecule has 0 aromatic carbocycles. The molecule has 0 fully saturated rings.